The fourth-order valence-electron chi connectivity index (χ4n) is 2.10. The Balaban J connectivity index is 1.78. The van der Waals surface area contributed by atoms with Gasteiger partial charge in [-0.15, -0.1) is 0 Å². The third kappa shape index (κ3) is 5.98. The number of nitrogens with one attached hydrogen (secondary N) is 1. The molecular weight excluding hydrogens is 337 g/mol. The van der Waals surface area contributed by atoms with E-state index in [0.717, 1.165) is 17.7 Å². The van der Waals surface area contributed by atoms with E-state index in [1.54, 1.807) is 6.08 Å². The summed E-state index contributed by atoms with van der Waals surface area (Å²) in [6.45, 7) is 1.06. The van der Waals surface area contributed by atoms with Gasteiger partial charge >= 0.3 is 5.97 Å². The molecule has 0 saturated carbocycles. The molecule has 0 spiro atoms. The molecule has 134 valence electrons. The Labute approximate surface area is 150 Å². The number of rotatable bonds is 7. The molecule has 5 nitrogen and oxygen atoms in total. The molecule has 0 aliphatic rings. The molecule has 2 aromatic rings. The summed E-state index contributed by atoms with van der Waals surface area (Å²) in [6.07, 6.45) is 1.88. The van der Waals surface area contributed by atoms with Gasteiger partial charge in [-0.3, -0.25) is 14.4 Å². The van der Waals surface area contributed by atoms with Crippen LogP contribution in [0.15, 0.2) is 60.7 Å². The van der Waals surface area contributed by atoms with E-state index in [0.29, 0.717) is 0 Å². The molecule has 0 bridgehead atoms. The predicted octanol–water partition coefficient (Wildman–Crippen LogP) is 2.77. The molecule has 6 heteroatoms. The molecule has 1 N–H and O–H groups in total. The Kier molecular flexibility index (Phi) is 6.79. The number of ether oxygens (including phenoxy) is 1. The largest absolute Gasteiger partial charge is 0.453 e. The third-order valence-electron chi connectivity index (χ3n) is 3.44. The molecule has 0 heterocycles. The van der Waals surface area contributed by atoms with Crippen LogP contribution >= 0.6 is 0 Å². The van der Waals surface area contributed by atoms with Crippen molar-refractivity contribution in [3.8, 4) is 0 Å². The van der Waals surface area contributed by atoms with Crippen molar-refractivity contribution in [2.24, 2.45) is 0 Å². The Morgan fingerprint density at radius 1 is 1.08 bits per heavy atom. The lowest BCUT2D eigenvalue weighted by molar-refractivity contribution is -0.146. The van der Waals surface area contributed by atoms with Crippen molar-refractivity contribution in [1.29, 1.82) is 0 Å². The number of ketones is 1. The normalized spacial score (nSPS) is 11.8. The summed E-state index contributed by atoms with van der Waals surface area (Å²) in [5.41, 5.74) is 1.09. The van der Waals surface area contributed by atoms with Gasteiger partial charge in [0, 0.05) is 11.6 Å². The highest BCUT2D eigenvalue weighted by molar-refractivity contribution is 6.00. The zero-order chi connectivity index (χ0) is 18.9. The van der Waals surface area contributed by atoms with Gasteiger partial charge in [-0.1, -0.05) is 30.3 Å². The minimum atomic E-state index is -1.04. The van der Waals surface area contributed by atoms with Crippen molar-refractivity contribution >= 4 is 23.7 Å². The summed E-state index contributed by atoms with van der Waals surface area (Å²) in [4.78, 5) is 35.5. The molecule has 1 amide bonds. The lowest BCUT2D eigenvalue weighted by atomic mass is 10.1. The number of hydrogen-bond donors (Lipinski definition) is 1. The van der Waals surface area contributed by atoms with E-state index >= 15 is 0 Å². The SMILES string of the molecule is C[C@H](OC(=O)CNC(=O)/C=C/c1ccccc1)C(=O)c1ccc(F)cc1. The monoisotopic (exact) mass is 355 g/mol. The standard InChI is InChI=1S/C20H18FNO4/c1-14(20(25)16-8-10-17(21)11-9-16)26-19(24)13-22-18(23)12-7-15-5-3-2-4-6-15/h2-12,14H,13H2,1H3,(H,22,23)/b12-7+/t14-/m0/s1. The molecule has 0 aliphatic heterocycles. The maximum Gasteiger partial charge on any atom is 0.326 e. The van der Waals surface area contributed by atoms with E-state index in [4.69, 9.17) is 4.74 Å². The van der Waals surface area contributed by atoms with Gasteiger partial charge < -0.3 is 10.1 Å². The smallest absolute Gasteiger partial charge is 0.326 e. The molecule has 1 atom stereocenters. The minimum Gasteiger partial charge on any atom is -0.453 e. The molecule has 0 aromatic heterocycles. The average molecular weight is 355 g/mol. The number of hydrogen-bond acceptors (Lipinski definition) is 4. The quantitative estimate of drug-likeness (QED) is 0.471. The number of benzene rings is 2. The fourth-order valence-corrected chi connectivity index (χ4v) is 2.10. The van der Waals surface area contributed by atoms with Gasteiger partial charge in [-0.05, 0) is 42.8 Å². The average Bonchev–Trinajstić information content (AvgIpc) is 2.65. The topological polar surface area (TPSA) is 72.5 Å². The Morgan fingerprint density at radius 3 is 2.38 bits per heavy atom. The van der Waals surface area contributed by atoms with Crippen molar-refractivity contribution in [3.63, 3.8) is 0 Å². The van der Waals surface area contributed by atoms with Gasteiger partial charge in [0.15, 0.2) is 6.10 Å². The van der Waals surface area contributed by atoms with E-state index in [2.05, 4.69) is 5.32 Å². The summed E-state index contributed by atoms with van der Waals surface area (Å²) in [7, 11) is 0. The summed E-state index contributed by atoms with van der Waals surface area (Å²) >= 11 is 0. The highest BCUT2D eigenvalue weighted by Gasteiger charge is 2.19. The minimum absolute atomic E-state index is 0.238. The van der Waals surface area contributed by atoms with Crippen LogP contribution < -0.4 is 5.32 Å². The summed E-state index contributed by atoms with van der Waals surface area (Å²) in [5.74, 6) is -2.11. The van der Waals surface area contributed by atoms with E-state index in [-0.39, 0.29) is 12.1 Å². The number of carbonyl (C=O) groups is 3. The zero-order valence-corrected chi connectivity index (χ0v) is 14.1. The first-order chi connectivity index (χ1) is 12.5. The molecule has 0 radical (unpaired) electrons. The number of Topliss-reactive ketones (excluding diaryl/α,β-unsaturated/α-hetero) is 1. The van der Waals surface area contributed by atoms with Gasteiger partial charge in [0.2, 0.25) is 11.7 Å². The lowest BCUT2D eigenvalue weighted by Crippen LogP contribution is -2.33. The second kappa shape index (κ2) is 9.27. The van der Waals surface area contributed by atoms with E-state index in [1.807, 2.05) is 30.3 Å². The lowest BCUT2D eigenvalue weighted by Gasteiger charge is -2.12. The van der Waals surface area contributed by atoms with E-state index in [1.165, 1.54) is 25.1 Å². The highest BCUT2D eigenvalue weighted by Crippen LogP contribution is 2.08. The zero-order valence-electron chi connectivity index (χ0n) is 14.1. The summed E-state index contributed by atoms with van der Waals surface area (Å²) in [6, 6.07) is 14.2. The van der Waals surface area contributed by atoms with Crippen LogP contribution in [0.5, 0.6) is 0 Å². The first-order valence-electron chi connectivity index (χ1n) is 7.96. The number of carbonyl (C=O) groups excluding carboxylic acids is 3. The molecule has 2 rings (SSSR count). The molecule has 0 saturated heterocycles. The summed E-state index contributed by atoms with van der Waals surface area (Å²) in [5, 5.41) is 2.38. The summed E-state index contributed by atoms with van der Waals surface area (Å²) < 4.78 is 17.9. The second-order valence-corrected chi connectivity index (χ2v) is 5.47. The third-order valence-corrected chi connectivity index (χ3v) is 3.44. The van der Waals surface area contributed by atoms with E-state index < -0.39 is 29.6 Å². The van der Waals surface area contributed by atoms with Gasteiger partial charge in [-0.2, -0.15) is 0 Å². The van der Waals surface area contributed by atoms with Crippen LogP contribution in [-0.4, -0.2) is 30.3 Å². The first kappa shape index (κ1) is 19.1. The molecule has 26 heavy (non-hydrogen) atoms. The fraction of sp³-hybridized carbons (Fsp3) is 0.150. The van der Waals surface area contributed by atoms with Gasteiger partial charge in [0.1, 0.15) is 12.4 Å². The van der Waals surface area contributed by atoms with Crippen molar-refractivity contribution in [1.82, 2.24) is 5.32 Å². The maximum atomic E-state index is 12.9. The van der Waals surface area contributed by atoms with Crippen molar-refractivity contribution < 1.29 is 23.5 Å². The van der Waals surface area contributed by atoms with Crippen LogP contribution in [0.3, 0.4) is 0 Å². The van der Waals surface area contributed by atoms with Crippen LogP contribution in [0.4, 0.5) is 4.39 Å². The Hall–Kier alpha value is -3.28. The van der Waals surface area contributed by atoms with Crippen LogP contribution in [-0.2, 0) is 14.3 Å². The number of esters is 1. The first-order valence-corrected chi connectivity index (χ1v) is 7.96. The van der Waals surface area contributed by atoms with Crippen LogP contribution in [0.1, 0.15) is 22.8 Å². The number of amides is 1. The van der Waals surface area contributed by atoms with Gasteiger partial charge in [-0.25, -0.2) is 4.39 Å². The van der Waals surface area contributed by atoms with Crippen LogP contribution in [0, 0.1) is 5.82 Å². The molecule has 2 aromatic carbocycles. The Morgan fingerprint density at radius 2 is 1.73 bits per heavy atom. The van der Waals surface area contributed by atoms with Crippen molar-refractivity contribution in [3.05, 3.63) is 77.6 Å². The predicted molar refractivity (Wildman–Crippen MR) is 94.8 cm³/mol. The van der Waals surface area contributed by atoms with Crippen LogP contribution in [0.25, 0.3) is 6.08 Å². The maximum absolute atomic E-state index is 12.9. The molecule has 0 fully saturated rings. The number of halogens is 1. The highest BCUT2D eigenvalue weighted by atomic mass is 19.1. The van der Waals surface area contributed by atoms with Gasteiger partial charge in [0.25, 0.3) is 0 Å². The van der Waals surface area contributed by atoms with Crippen LogP contribution in [0.2, 0.25) is 0 Å². The van der Waals surface area contributed by atoms with Gasteiger partial charge in [0.05, 0.1) is 0 Å². The Bertz CT molecular complexity index is 800. The molecular formula is C20H18FNO4. The molecule has 0 aliphatic carbocycles. The molecule has 0 unspecified atom stereocenters. The van der Waals surface area contributed by atoms with Crippen molar-refractivity contribution in [2.75, 3.05) is 6.54 Å². The van der Waals surface area contributed by atoms with E-state index in [9.17, 15) is 18.8 Å². The second-order valence-electron chi connectivity index (χ2n) is 5.47. The van der Waals surface area contributed by atoms with Crippen molar-refractivity contribution in [2.45, 2.75) is 13.0 Å².